The first kappa shape index (κ1) is 12.7. The third kappa shape index (κ3) is 2.75. The summed E-state index contributed by atoms with van der Waals surface area (Å²) in [4.78, 5) is 13.6. The Kier molecular flexibility index (Phi) is 3.94. The van der Waals surface area contributed by atoms with Gasteiger partial charge in [-0.15, -0.1) is 23.4 Å². The summed E-state index contributed by atoms with van der Waals surface area (Å²) in [5.74, 6) is 0.489. The largest absolute Gasteiger partial charge is 0.324 e. The second-order valence-corrected chi connectivity index (χ2v) is 5.77. The third-order valence-corrected chi connectivity index (χ3v) is 4.10. The zero-order chi connectivity index (χ0) is 12.4. The third-order valence-electron chi connectivity index (χ3n) is 2.65. The van der Waals surface area contributed by atoms with Gasteiger partial charge in [-0.05, 0) is 24.6 Å². The molecule has 92 valence electrons. The smallest absolute Gasteiger partial charge is 0.241 e. The summed E-state index contributed by atoms with van der Waals surface area (Å²) in [6.07, 6.45) is 0. The van der Waals surface area contributed by atoms with E-state index in [0.29, 0.717) is 6.54 Å². The van der Waals surface area contributed by atoms with Crippen LogP contribution in [0.15, 0.2) is 24.3 Å². The molecule has 1 fully saturated rings. The van der Waals surface area contributed by atoms with E-state index in [2.05, 4.69) is 0 Å². The van der Waals surface area contributed by atoms with E-state index >= 15 is 0 Å². The molecule has 0 saturated carbocycles. The monoisotopic (exact) mass is 273 g/mol. The highest BCUT2D eigenvalue weighted by Gasteiger charge is 2.32. The quantitative estimate of drug-likeness (QED) is 0.772. The number of amides is 1. The van der Waals surface area contributed by atoms with Crippen molar-refractivity contribution in [3.8, 4) is 0 Å². The molecule has 1 amide bonds. The standard InChI is InChI=1S/C12H13ClFNOS/c1-8(13)11(16)15-5-6-17-12(15)9-3-2-4-10(14)7-9/h2-4,7-8,12H,5-6H2,1H3/t8-,12-/m0/s1. The molecule has 2 nitrogen and oxygen atoms in total. The van der Waals surface area contributed by atoms with Crippen molar-refractivity contribution >= 4 is 29.3 Å². The minimum absolute atomic E-state index is 0.0917. The topological polar surface area (TPSA) is 20.3 Å². The van der Waals surface area contributed by atoms with Crippen LogP contribution in [0.5, 0.6) is 0 Å². The minimum Gasteiger partial charge on any atom is -0.324 e. The molecule has 0 bridgehead atoms. The predicted molar refractivity (Wildman–Crippen MR) is 68.6 cm³/mol. The van der Waals surface area contributed by atoms with Crippen molar-refractivity contribution in [1.29, 1.82) is 0 Å². The fraction of sp³-hybridized carbons (Fsp3) is 0.417. The van der Waals surface area contributed by atoms with Gasteiger partial charge in [0, 0.05) is 12.3 Å². The number of thioether (sulfide) groups is 1. The van der Waals surface area contributed by atoms with E-state index in [1.807, 2.05) is 6.07 Å². The van der Waals surface area contributed by atoms with Crippen molar-refractivity contribution in [3.63, 3.8) is 0 Å². The summed E-state index contributed by atoms with van der Waals surface area (Å²) in [5.41, 5.74) is 0.818. The molecule has 1 heterocycles. The molecule has 0 radical (unpaired) electrons. The fourth-order valence-corrected chi connectivity index (χ4v) is 3.24. The van der Waals surface area contributed by atoms with Crippen LogP contribution in [0.2, 0.25) is 0 Å². The normalized spacial score (nSPS) is 21.6. The summed E-state index contributed by atoms with van der Waals surface area (Å²) in [7, 11) is 0. The number of benzene rings is 1. The number of carbonyl (C=O) groups is 1. The first-order valence-corrected chi connectivity index (χ1v) is 6.89. The molecular formula is C12H13ClFNOS. The van der Waals surface area contributed by atoms with Gasteiger partial charge in [0.2, 0.25) is 5.91 Å². The second kappa shape index (κ2) is 5.27. The Morgan fingerprint density at radius 1 is 1.65 bits per heavy atom. The Morgan fingerprint density at radius 2 is 2.41 bits per heavy atom. The summed E-state index contributed by atoms with van der Waals surface area (Å²) in [6.45, 7) is 2.33. The number of hydrogen-bond acceptors (Lipinski definition) is 2. The lowest BCUT2D eigenvalue weighted by molar-refractivity contribution is -0.130. The van der Waals surface area contributed by atoms with Crippen molar-refractivity contribution in [1.82, 2.24) is 4.90 Å². The SMILES string of the molecule is C[C@H](Cl)C(=O)N1CCS[C@H]1c1cccc(F)c1. The lowest BCUT2D eigenvalue weighted by Gasteiger charge is -2.25. The van der Waals surface area contributed by atoms with Gasteiger partial charge in [-0.3, -0.25) is 4.79 Å². The number of rotatable bonds is 2. The van der Waals surface area contributed by atoms with E-state index in [-0.39, 0.29) is 17.1 Å². The highest BCUT2D eigenvalue weighted by atomic mass is 35.5. The molecule has 2 rings (SSSR count). The van der Waals surface area contributed by atoms with E-state index in [9.17, 15) is 9.18 Å². The van der Waals surface area contributed by atoms with Crippen LogP contribution in [0.25, 0.3) is 0 Å². The van der Waals surface area contributed by atoms with Crippen molar-refractivity contribution in [2.24, 2.45) is 0 Å². The van der Waals surface area contributed by atoms with Gasteiger partial charge in [0.15, 0.2) is 0 Å². The van der Waals surface area contributed by atoms with Crippen molar-refractivity contribution in [3.05, 3.63) is 35.6 Å². The highest BCUT2D eigenvalue weighted by Crippen LogP contribution is 2.38. The predicted octanol–water partition coefficient (Wildman–Crippen LogP) is 3.03. The molecule has 5 heteroatoms. The van der Waals surface area contributed by atoms with Crippen molar-refractivity contribution in [2.45, 2.75) is 17.7 Å². The summed E-state index contributed by atoms with van der Waals surface area (Å²) >= 11 is 7.46. The number of halogens is 2. The highest BCUT2D eigenvalue weighted by molar-refractivity contribution is 7.99. The molecule has 1 aromatic carbocycles. The molecular weight excluding hydrogens is 261 g/mol. The van der Waals surface area contributed by atoms with E-state index < -0.39 is 5.38 Å². The molecule has 1 aromatic rings. The van der Waals surface area contributed by atoms with Gasteiger partial charge >= 0.3 is 0 Å². The lowest BCUT2D eigenvalue weighted by Crippen LogP contribution is -2.35. The summed E-state index contributed by atoms with van der Waals surface area (Å²) in [5, 5.41) is -0.649. The average Bonchev–Trinajstić information content (AvgIpc) is 2.76. The van der Waals surface area contributed by atoms with E-state index in [0.717, 1.165) is 11.3 Å². The Bertz CT molecular complexity index is 427. The van der Waals surface area contributed by atoms with Gasteiger partial charge in [0.05, 0.1) is 0 Å². The van der Waals surface area contributed by atoms with Gasteiger partial charge < -0.3 is 4.90 Å². The zero-order valence-corrected chi connectivity index (χ0v) is 11.0. The molecule has 0 aromatic heterocycles. The lowest BCUT2D eigenvalue weighted by atomic mass is 10.2. The Labute approximate surface area is 109 Å². The van der Waals surface area contributed by atoms with E-state index in [4.69, 9.17) is 11.6 Å². The van der Waals surface area contributed by atoms with Gasteiger partial charge in [-0.25, -0.2) is 4.39 Å². The number of nitrogens with zero attached hydrogens (tertiary/aromatic N) is 1. The van der Waals surface area contributed by atoms with Crippen LogP contribution in [0.3, 0.4) is 0 Å². The Balaban J connectivity index is 2.23. The van der Waals surface area contributed by atoms with E-state index in [1.165, 1.54) is 12.1 Å². The molecule has 0 aliphatic carbocycles. The van der Waals surface area contributed by atoms with Crippen LogP contribution in [-0.2, 0) is 4.79 Å². The van der Waals surface area contributed by atoms with Crippen LogP contribution in [0.1, 0.15) is 17.9 Å². The molecule has 0 unspecified atom stereocenters. The van der Waals surface area contributed by atoms with Crippen LogP contribution in [0, 0.1) is 5.82 Å². The van der Waals surface area contributed by atoms with Crippen molar-refractivity contribution < 1.29 is 9.18 Å². The zero-order valence-electron chi connectivity index (χ0n) is 9.40. The molecule has 0 N–H and O–H groups in total. The van der Waals surface area contributed by atoms with Crippen LogP contribution in [0.4, 0.5) is 4.39 Å². The molecule has 17 heavy (non-hydrogen) atoms. The number of alkyl halides is 1. The van der Waals surface area contributed by atoms with Gasteiger partial charge in [0.25, 0.3) is 0 Å². The maximum absolute atomic E-state index is 13.2. The van der Waals surface area contributed by atoms with E-state index in [1.54, 1.807) is 29.7 Å². The van der Waals surface area contributed by atoms with Crippen LogP contribution < -0.4 is 0 Å². The number of hydrogen-bond donors (Lipinski definition) is 0. The summed E-state index contributed by atoms with van der Waals surface area (Å²) < 4.78 is 13.2. The molecule has 1 aliphatic rings. The first-order valence-electron chi connectivity index (χ1n) is 5.41. The molecule has 1 saturated heterocycles. The minimum atomic E-state index is -0.537. The first-order chi connectivity index (χ1) is 8.09. The maximum atomic E-state index is 13.2. The van der Waals surface area contributed by atoms with Gasteiger partial charge in [0.1, 0.15) is 16.6 Å². The van der Waals surface area contributed by atoms with Gasteiger partial charge in [-0.1, -0.05) is 12.1 Å². The molecule has 1 aliphatic heterocycles. The van der Waals surface area contributed by atoms with Crippen molar-refractivity contribution in [2.75, 3.05) is 12.3 Å². The number of carbonyl (C=O) groups excluding carboxylic acids is 1. The maximum Gasteiger partial charge on any atom is 0.241 e. The Morgan fingerprint density at radius 3 is 3.06 bits per heavy atom. The molecule has 0 spiro atoms. The summed E-state index contributed by atoms with van der Waals surface area (Å²) in [6, 6.07) is 6.38. The molecule has 2 atom stereocenters. The van der Waals surface area contributed by atoms with Gasteiger partial charge in [-0.2, -0.15) is 0 Å². The average molecular weight is 274 g/mol. The fourth-order valence-electron chi connectivity index (χ4n) is 1.86. The second-order valence-electron chi connectivity index (χ2n) is 3.93. The van der Waals surface area contributed by atoms with Crippen LogP contribution >= 0.6 is 23.4 Å². The Hall–Kier alpha value is -0.740. The van der Waals surface area contributed by atoms with Crippen LogP contribution in [-0.4, -0.2) is 28.5 Å².